The molecule has 0 aliphatic rings. The molecule has 0 heterocycles. The smallest absolute Gasteiger partial charge is 0.0149 e. The largest absolute Gasteiger partial charge is 0.0149 e. The minimum absolute atomic E-state index is 0. The molecule has 0 aromatic carbocycles. The topological polar surface area (TPSA) is 153 Å². The van der Waals surface area contributed by atoms with Crippen molar-refractivity contribution in [3.8, 4) is 0 Å². The van der Waals surface area contributed by atoms with E-state index in [2.05, 4.69) is 0 Å². The maximum Gasteiger partial charge on any atom is -0.0149 e. The van der Waals surface area contributed by atoms with E-state index in [0.29, 0.717) is 0 Å². The van der Waals surface area contributed by atoms with Gasteiger partial charge in [-0.05, 0) is 21.9 Å². The van der Waals surface area contributed by atoms with Crippen LogP contribution in [-0.2, 0) is 23.5 Å². The second-order valence-electron chi connectivity index (χ2n) is 0.408. The van der Waals surface area contributed by atoms with Crippen LogP contribution in [0.3, 0.4) is 0 Å². The monoisotopic (exact) mass is 348 g/mol. The summed E-state index contributed by atoms with van der Waals surface area (Å²) in [4.78, 5) is 0. The molecule has 0 unspecified atom stereocenters. The minimum atomic E-state index is -6.17. The molecule has 0 saturated heterocycles. The van der Waals surface area contributed by atoms with E-state index in [-0.39, 0.29) is 34.2 Å². The van der Waals surface area contributed by atoms with Gasteiger partial charge >= 0.3 is 31.1 Å². The number of quaternary nitrogens is 2. The van der Waals surface area contributed by atoms with Gasteiger partial charge in [0.15, 0.2) is 0 Å². The van der Waals surface area contributed by atoms with Gasteiger partial charge in [-0.3, -0.25) is 0 Å². The summed E-state index contributed by atoms with van der Waals surface area (Å²) in [5.74, 6) is 0. The van der Waals surface area contributed by atoms with Crippen LogP contribution in [0.5, 0.6) is 0 Å². The van der Waals surface area contributed by atoms with Crippen LogP contribution in [0.15, 0.2) is 0 Å². The normalized spacial score (nSPS) is 6.44. The molecule has 6 nitrogen and oxygen atoms in total. The third-order valence-electron chi connectivity index (χ3n) is 0. The molecule has 0 bridgehead atoms. The molecule has 0 amide bonds. The van der Waals surface area contributed by atoms with Crippen molar-refractivity contribution in [1.82, 2.24) is 12.3 Å². The second kappa shape index (κ2) is 11.4. The standard InChI is InChI=1S/2H3N.4O.2H4Si.W/h2*1H3;;;;;2*1H4;/q;;;;2*-1;;;/p+2. The van der Waals surface area contributed by atoms with Crippen LogP contribution in [0.1, 0.15) is 0 Å². The molecule has 8 N–H and O–H groups in total. The van der Waals surface area contributed by atoms with E-state index in [1.165, 1.54) is 0 Å². The third-order valence-corrected chi connectivity index (χ3v) is 0. The minimum Gasteiger partial charge on any atom is -0.0149 e. The van der Waals surface area contributed by atoms with E-state index in [4.69, 9.17) is 14.3 Å². The third kappa shape index (κ3) is 1170. The van der Waals surface area contributed by atoms with Gasteiger partial charge in [-0.25, -0.2) is 0 Å². The quantitative estimate of drug-likeness (QED) is 0.422. The fraction of sp³-hybridized carbons (Fsp3) is 0. The van der Waals surface area contributed by atoms with E-state index in [1.54, 1.807) is 0 Å². The number of hydrogen-bond donors (Lipinski definition) is 2. The Hall–Kier alpha value is 0.562. The predicted molar refractivity (Wildman–Crippen MR) is 36.0 cm³/mol. The van der Waals surface area contributed by atoms with Gasteiger partial charge in [0.2, 0.25) is 0 Å². The molecule has 0 spiro atoms. The fourth-order valence-electron chi connectivity index (χ4n) is 0. The van der Waals surface area contributed by atoms with Crippen molar-refractivity contribution in [2.24, 2.45) is 0 Å². The van der Waals surface area contributed by atoms with Crippen molar-refractivity contribution >= 4 is 21.9 Å². The Kier molecular flexibility index (Phi) is 42.6. The molecule has 0 fully saturated rings. The molecular weight excluding hydrogens is 332 g/mol. The summed E-state index contributed by atoms with van der Waals surface area (Å²) < 4.78 is 34.6. The van der Waals surface area contributed by atoms with Gasteiger partial charge in [-0.15, -0.1) is 0 Å². The molecule has 0 aromatic heterocycles. The molecule has 0 saturated carbocycles. The number of hydrogen-bond acceptors (Lipinski definition) is 4. The van der Waals surface area contributed by atoms with E-state index in [9.17, 15) is 0 Å². The van der Waals surface area contributed by atoms with E-state index < -0.39 is 16.7 Å². The summed E-state index contributed by atoms with van der Waals surface area (Å²) in [5, 5.41) is 0. The zero-order chi connectivity index (χ0) is 4.50. The number of rotatable bonds is 0. The SMILES string of the molecule is [NH4+].[NH4+].[O]=[W](=[O])([O-])[O-].[SiH4].[SiH4]. The maximum atomic E-state index is 8.65. The summed E-state index contributed by atoms with van der Waals surface area (Å²) >= 11 is -6.17. The zero-order valence-corrected chi connectivity index (χ0v) is 6.97. The van der Waals surface area contributed by atoms with Gasteiger partial charge in [0, 0.05) is 0 Å². The molecule has 0 atom stereocenters. The van der Waals surface area contributed by atoms with Gasteiger partial charge in [0.1, 0.15) is 0 Å². The average molecular weight is 348 g/mol. The fourth-order valence-corrected chi connectivity index (χ4v) is 0. The summed E-state index contributed by atoms with van der Waals surface area (Å²) in [6, 6.07) is 0. The molecule has 9 heavy (non-hydrogen) atoms. The molecule has 0 aliphatic heterocycles. The first kappa shape index (κ1) is 33.7. The van der Waals surface area contributed by atoms with Gasteiger partial charge in [-0.1, -0.05) is 0 Å². The van der Waals surface area contributed by atoms with Crippen LogP contribution < -0.4 is 19.8 Å². The molecule has 0 aliphatic carbocycles. The molecule has 0 aromatic rings. The van der Waals surface area contributed by atoms with E-state index in [1.807, 2.05) is 0 Å². The van der Waals surface area contributed by atoms with Crippen LogP contribution in [0.4, 0.5) is 0 Å². The average Bonchev–Trinajstić information content (AvgIpc) is 0.722. The summed E-state index contributed by atoms with van der Waals surface area (Å²) in [7, 11) is 0. The predicted octanol–water partition coefficient (Wildman–Crippen LogP) is -4.77. The van der Waals surface area contributed by atoms with Crippen molar-refractivity contribution < 1.29 is 31.1 Å². The molecule has 9 heteroatoms. The van der Waals surface area contributed by atoms with Crippen LogP contribution in [0.25, 0.3) is 0 Å². The van der Waals surface area contributed by atoms with Crippen molar-refractivity contribution in [2.45, 2.75) is 0 Å². The van der Waals surface area contributed by atoms with E-state index >= 15 is 0 Å². The van der Waals surface area contributed by atoms with Crippen molar-refractivity contribution in [1.29, 1.82) is 0 Å². The van der Waals surface area contributed by atoms with Crippen molar-refractivity contribution in [3.63, 3.8) is 0 Å². The van der Waals surface area contributed by atoms with Crippen LogP contribution in [-0.4, -0.2) is 21.9 Å². The Morgan fingerprint density at radius 3 is 0.889 bits per heavy atom. The van der Waals surface area contributed by atoms with Crippen LogP contribution in [0.2, 0.25) is 0 Å². The van der Waals surface area contributed by atoms with Gasteiger partial charge < -0.3 is 12.3 Å². The van der Waals surface area contributed by atoms with E-state index in [0.717, 1.165) is 0 Å². The molecule has 0 rings (SSSR count). The van der Waals surface area contributed by atoms with Gasteiger partial charge in [0.05, 0.1) is 0 Å². The molecular formula is H16N2O4Si2W. The molecule has 64 valence electrons. The maximum absolute atomic E-state index is 8.65. The Bertz CT molecular complexity index is 99.7. The van der Waals surface area contributed by atoms with Crippen molar-refractivity contribution in [3.05, 3.63) is 0 Å². The first-order chi connectivity index (χ1) is 2.00. The Morgan fingerprint density at radius 2 is 0.889 bits per heavy atom. The second-order valence-corrected chi connectivity index (χ2v) is 3.34. The Labute approximate surface area is 65.6 Å². The Morgan fingerprint density at radius 1 is 0.889 bits per heavy atom. The van der Waals surface area contributed by atoms with Crippen molar-refractivity contribution in [2.75, 3.05) is 0 Å². The molecule has 0 radical (unpaired) electrons. The summed E-state index contributed by atoms with van der Waals surface area (Å²) in [5.41, 5.74) is 0. The zero-order valence-electron chi connectivity index (χ0n) is 4.04. The first-order valence-corrected chi connectivity index (χ1v) is 5.46. The van der Waals surface area contributed by atoms with Gasteiger partial charge in [0.25, 0.3) is 0 Å². The van der Waals surface area contributed by atoms with Gasteiger partial charge in [-0.2, -0.15) is 0 Å². The first-order valence-electron chi connectivity index (χ1n) is 0.667. The van der Waals surface area contributed by atoms with Crippen LogP contribution >= 0.6 is 0 Å². The Balaban J connectivity index is -0.0000000133. The summed E-state index contributed by atoms with van der Waals surface area (Å²) in [6.45, 7) is 0. The van der Waals surface area contributed by atoms with Crippen LogP contribution in [0, 0.1) is 0 Å². The summed E-state index contributed by atoms with van der Waals surface area (Å²) in [6.07, 6.45) is 0.